The molecule has 0 heterocycles. The number of rotatable bonds is 7. The Morgan fingerprint density at radius 2 is 1.89 bits per heavy atom. The Morgan fingerprint density at radius 1 is 1.21 bits per heavy atom. The van der Waals surface area contributed by atoms with Crippen LogP contribution in [-0.2, 0) is 4.79 Å². The molecule has 0 aromatic heterocycles. The van der Waals surface area contributed by atoms with Gasteiger partial charge >= 0.3 is 0 Å². The summed E-state index contributed by atoms with van der Waals surface area (Å²) in [5.74, 6) is 0.630. The SMILES string of the molecule is CC(C)CCC(C)NCC(=O)Nc1ccccc1Cl. The van der Waals surface area contributed by atoms with Gasteiger partial charge in [-0.15, -0.1) is 0 Å². The van der Waals surface area contributed by atoms with Crippen LogP contribution in [0.4, 0.5) is 5.69 Å². The molecule has 0 aliphatic rings. The maximum atomic E-state index is 11.8. The molecule has 1 atom stereocenters. The molecule has 1 unspecified atom stereocenters. The number of hydrogen-bond donors (Lipinski definition) is 2. The van der Waals surface area contributed by atoms with Crippen LogP contribution in [-0.4, -0.2) is 18.5 Å². The van der Waals surface area contributed by atoms with Gasteiger partial charge in [0.15, 0.2) is 0 Å². The minimum atomic E-state index is -0.0653. The molecule has 1 rings (SSSR count). The van der Waals surface area contributed by atoms with E-state index in [4.69, 9.17) is 11.6 Å². The second-order valence-electron chi connectivity index (χ2n) is 5.28. The van der Waals surface area contributed by atoms with E-state index >= 15 is 0 Å². The van der Waals surface area contributed by atoms with Crippen LogP contribution in [0, 0.1) is 5.92 Å². The number of benzene rings is 1. The minimum absolute atomic E-state index is 0.0653. The van der Waals surface area contributed by atoms with Gasteiger partial charge in [-0.1, -0.05) is 37.6 Å². The number of carbonyl (C=O) groups is 1. The summed E-state index contributed by atoms with van der Waals surface area (Å²) in [7, 11) is 0. The third kappa shape index (κ3) is 6.60. The van der Waals surface area contributed by atoms with Crippen LogP contribution in [0.5, 0.6) is 0 Å². The molecule has 0 aliphatic carbocycles. The van der Waals surface area contributed by atoms with Gasteiger partial charge in [-0.3, -0.25) is 4.79 Å². The highest BCUT2D eigenvalue weighted by Crippen LogP contribution is 2.20. The fourth-order valence-electron chi connectivity index (χ4n) is 1.71. The lowest BCUT2D eigenvalue weighted by atomic mass is 10.0. The van der Waals surface area contributed by atoms with Gasteiger partial charge in [-0.25, -0.2) is 0 Å². The first-order valence-electron chi connectivity index (χ1n) is 6.76. The lowest BCUT2D eigenvalue weighted by Gasteiger charge is -2.15. The molecule has 1 aromatic carbocycles. The number of halogens is 1. The molecular formula is C15H23ClN2O. The van der Waals surface area contributed by atoms with E-state index in [0.717, 1.165) is 6.42 Å². The zero-order valence-corrected chi connectivity index (χ0v) is 12.6. The van der Waals surface area contributed by atoms with Crippen molar-refractivity contribution < 1.29 is 4.79 Å². The molecule has 0 radical (unpaired) electrons. The van der Waals surface area contributed by atoms with Crippen molar-refractivity contribution in [3.05, 3.63) is 29.3 Å². The first-order valence-corrected chi connectivity index (χ1v) is 7.14. The monoisotopic (exact) mass is 282 g/mol. The van der Waals surface area contributed by atoms with Gasteiger partial charge in [0.25, 0.3) is 0 Å². The van der Waals surface area contributed by atoms with Gasteiger partial charge in [-0.05, 0) is 37.8 Å². The summed E-state index contributed by atoms with van der Waals surface area (Å²) < 4.78 is 0. The summed E-state index contributed by atoms with van der Waals surface area (Å²) in [6.07, 6.45) is 2.25. The first kappa shape index (κ1) is 16.0. The highest BCUT2D eigenvalue weighted by Gasteiger charge is 2.08. The predicted octanol–water partition coefficient (Wildman–Crippen LogP) is 3.69. The van der Waals surface area contributed by atoms with Crippen molar-refractivity contribution in [1.82, 2.24) is 5.32 Å². The van der Waals surface area contributed by atoms with Crippen molar-refractivity contribution in [3.63, 3.8) is 0 Å². The van der Waals surface area contributed by atoms with Crippen molar-refractivity contribution in [2.45, 2.75) is 39.7 Å². The topological polar surface area (TPSA) is 41.1 Å². The predicted molar refractivity (Wildman–Crippen MR) is 81.6 cm³/mol. The van der Waals surface area contributed by atoms with Crippen LogP contribution in [0.2, 0.25) is 5.02 Å². The zero-order chi connectivity index (χ0) is 14.3. The van der Waals surface area contributed by atoms with Crippen LogP contribution in [0.15, 0.2) is 24.3 Å². The van der Waals surface area contributed by atoms with E-state index in [1.807, 2.05) is 12.1 Å². The largest absolute Gasteiger partial charge is 0.324 e. The molecule has 0 fully saturated rings. The lowest BCUT2D eigenvalue weighted by Crippen LogP contribution is -2.34. The molecule has 2 N–H and O–H groups in total. The van der Waals surface area contributed by atoms with E-state index < -0.39 is 0 Å². The first-order chi connectivity index (χ1) is 8.99. The molecule has 106 valence electrons. The number of para-hydroxylation sites is 1. The maximum absolute atomic E-state index is 11.8. The van der Waals surface area contributed by atoms with Gasteiger partial charge in [-0.2, -0.15) is 0 Å². The van der Waals surface area contributed by atoms with Gasteiger partial charge in [0, 0.05) is 6.04 Å². The van der Waals surface area contributed by atoms with Crippen LogP contribution in [0.25, 0.3) is 0 Å². The van der Waals surface area contributed by atoms with Crippen molar-refractivity contribution in [2.75, 3.05) is 11.9 Å². The average molecular weight is 283 g/mol. The summed E-state index contributed by atoms with van der Waals surface area (Å²) in [5.41, 5.74) is 0.658. The number of hydrogen-bond acceptors (Lipinski definition) is 2. The molecule has 0 aliphatic heterocycles. The molecule has 1 amide bonds. The van der Waals surface area contributed by atoms with E-state index in [-0.39, 0.29) is 5.91 Å². The van der Waals surface area contributed by atoms with Crippen molar-refractivity contribution >= 4 is 23.2 Å². The van der Waals surface area contributed by atoms with Gasteiger partial charge in [0.1, 0.15) is 0 Å². The molecule has 19 heavy (non-hydrogen) atoms. The molecule has 3 nitrogen and oxygen atoms in total. The summed E-state index contributed by atoms with van der Waals surface area (Å²) >= 11 is 5.98. The van der Waals surface area contributed by atoms with E-state index in [1.54, 1.807) is 12.1 Å². The Balaban J connectivity index is 2.30. The van der Waals surface area contributed by atoms with Crippen molar-refractivity contribution in [1.29, 1.82) is 0 Å². The van der Waals surface area contributed by atoms with Crippen LogP contribution >= 0.6 is 11.6 Å². The Bertz CT molecular complexity index is 407. The standard InChI is InChI=1S/C15H23ClN2O/c1-11(2)8-9-12(3)17-10-15(19)18-14-7-5-4-6-13(14)16/h4-7,11-12,17H,8-10H2,1-3H3,(H,18,19). The second kappa shape index (κ2) is 8.18. The van der Waals surface area contributed by atoms with Gasteiger partial charge < -0.3 is 10.6 Å². The third-order valence-electron chi connectivity index (χ3n) is 2.94. The Morgan fingerprint density at radius 3 is 2.53 bits per heavy atom. The summed E-state index contributed by atoms with van der Waals surface area (Å²) in [6, 6.07) is 7.59. The van der Waals surface area contributed by atoms with Gasteiger partial charge in [0.2, 0.25) is 5.91 Å². The molecule has 0 bridgehead atoms. The van der Waals surface area contributed by atoms with Crippen molar-refractivity contribution in [3.8, 4) is 0 Å². The highest BCUT2D eigenvalue weighted by atomic mass is 35.5. The number of anilines is 1. The summed E-state index contributed by atoms with van der Waals surface area (Å²) in [5, 5.41) is 6.58. The van der Waals surface area contributed by atoms with Crippen LogP contribution in [0.3, 0.4) is 0 Å². The Labute approximate surface area is 120 Å². The quantitative estimate of drug-likeness (QED) is 0.801. The van der Waals surface area contributed by atoms with E-state index in [0.29, 0.717) is 29.2 Å². The number of amides is 1. The number of nitrogens with one attached hydrogen (secondary N) is 2. The average Bonchev–Trinajstić information content (AvgIpc) is 2.36. The fraction of sp³-hybridized carbons (Fsp3) is 0.533. The molecule has 0 spiro atoms. The summed E-state index contributed by atoms with van der Waals surface area (Å²) in [4.78, 5) is 11.8. The highest BCUT2D eigenvalue weighted by molar-refractivity contribution is 6.33. The fourth-order valence-corrected chi connectivity index (χ4v) is 1.89. The minimum Gasteiger partial charge on any atom is -0.324 e. The second-order valence-corrected chi connectivity index (χ2v) is 5.69. The molecule has 0 saturated heterocycles. The molecule has 4 heteroatoms. The van der Waals surface area contributed by atoms with Crippen molar-refractivity contribution in [2.24, 2.45) is 5.92 Å². The smallest absolute Gasteiger partial charge is 0.238 e. The maximum Gasteiger partial charge on any atom is 0.238 e. The zero-order valence-electron chi connectivity index (χ0n) is 11.9. The molecule has 1 aromatic rings. The Kier molecular flexibility index (Phi) is 6.89. The van der Waals surface area contributed by atoms with Crippen LogP contribution in [0.1, 0.15) is 33.6 Å². The van der Waals surface area contributed by atoms with E-state index in [1.165, 1.54) is 6.42 Å². The van der Waals surface area contributed by atoms with Crippen LogP contribution < -0.4 is 10.6 Å². The lowest BCUT2D eigenvalue weighted by molar-refractivity contribution is -0.115. The third-order valence-corrected chi connectivity index (χ3v) is 3.27. The Hall–Kier alpha value is -1.06. The molecule has 0 saturated carbocycles. The van der Waals surface area contributed by atoms with Gasteiger partial charge in [0.05, 0.1) is 17.3 Å². The summed E-state index contributed by atoms with van der Waals surface area (Å²) in [6.45, 7) is 6.82. The normalized spacial score (nSPS) is 12.5. The molecular weight excluding hydrogens is 260 g/mol. The van der Waals surface area contributed by atoms with E-state index in [2.05, 4.69) is 31.4 Å². The number of carbonyl (C=O) groups excluding carboxylic acids is 1. The van der Waals surface area contributed by atoms with E-state index in [9.17, 15) is 4.79 Å².